The number of benzene rings is 3. The number of rotatable bonds is 3. The first-order chi connectivity index (χ1) is 10.9. The highest BCUT2D eigenvalue weighted by Gasteiger charge is 2.10. The van der Waals surface area contributed by atoms with Crippen molar-refractivity contribution in [3.8, 4) is 22.3 Å². The molecule has 23 heavy (non-hydrogen) atoms. The Morgan fingerprint density at radius 3 is 1.91 bits per heavy atom. The van der Waals surface area contributed by atoms with Crippen molar-refractivity contribution in [2.45, 2.75) is 4.90 Å². The van der Waals surface area contributed by atoms with Gasteiger partial charge in [-0.05, 0) is 46.5 Å². The zero-order valence-corrected chi connectivity index (χ0v) is 13.3. The summed E-state index contributed by atoms with van der Waals surface area (Å²) in [5.41, 5.74) is 3.50. The Morgan fingerprint density at radius 1 is 0.739 bits per heavy atom. The van der Waals surface area contributed by atoms with Crippen molar-refractivity contribution in [2.75, 3.05) is 6.26 Å². The molecule has 0 aliphatic heterocycles. The minimum absolute atomic E-state index is 0.282. The molecular weight excluding hydrogens is 311 g/mol. The fourth-order valence-electron chi connectivity index (χ4n) is 2.52. The van der Waals surface area contributed by atoms with E-state index in [1.165, 1.54) is 18.4 Å². The molecule has 0 aliphatic carbocycles. The summed E-state index contributed by atoms with van der Waals surface area (Å²) in [6.07, 6.45) is 1.18. The summed E-state index contributed by atoms with van der Waals surface area (Å²) in [7, 11) is -3.22. The summed E-state index contributed by atoms with van der Waals surface area (Å²) in [5, 5.41) is 0. The quantitative estimate of drug-likeness (QED) is 0.707. The monoisotopic (exact) mass is 326 g/mol. The molecule has 0 atom stereocenters. The van der Waals surface area contributed by atoms with E-state index >= 15 is 0 Å². The first-order valence-electron chi connectivity index (χ1n) is 7.10. The van der Waals surface area contributed by atoms with Gasteiger partial charge < -0.3 is 0 Å². The van der Waals surface area contributed by atoms with Crippen LogP contribution in [0.1, 0.15) is 0 Å². The Bertz CT molecular complexity index is 945. The molecule has 3 aromatic rings. The zero-order valence-electron chi connectivity index (χ0n) is 12.5. The van der Waals surface area contributed by atoms with Crippen molar-refractivity contribution in [1.82, 2.24) is 0 Å². The van der Waals surface area contributed by atoms with E-state index in [0.29, 0.717) is 0 Å². The Kier molecular flexibility index (Phi) is 4.01. The van der Waals surface area contributed by atoms with E-state index < -0.39 is 9.84 Å². The average Bonchev–Trinajstić information content (AvgIpc) is 2.54. The van der Waals surface area contributed by atoms with Crippen molar-refractivity contribution < 1.29 is 12.8 Å². The molecule has 3 aromatic carbocycles. The van der Waals surface area contributed by atoms with Crippen LogP contribution in [-0.2, 0) is 9.84 Å². The van der Waals surface area contributed by atoms with Gasteiger partial charge in [0.1, 0.15) is 5.82 Å². The van der Waals surface area contributed by atoms with Crippen LogP contribution < -0.4 is 0 Å². The second kappa shape index (κ2) is 5.97. The highest BCUT2D eigenvalue weighted by atomic mass is 32.2. The van der Waals surface area contributed by atoms with Gasteiger partial charge in [-0.1, -0.05) is 48.5 Å². The molecule has 2 nitrogen and oxygen atoms in total. The van der Waals surface area contributed by atoms with Crippen LogP contribution in [0.2, 0.25) is 0 Å². The van der Waals surface area contributed by atoms with Crippen LogP contribution in [0.4, 0.5) is 4.39 Å². The van der Waals surface area contributed by atoms with E-state index in [0.717, 1.165) is 22.3 Å². The lowest BCUT2D eigenvalue weighted by Crippen LogP contribution is -1.96. The maximum absolute atomic E-state index is 13.5. The average molecular weight is 326 g/mol. The van der Waals surface area contributed by atoms with Crippen LogP contribution in [0.3, 0.4) is 0 Å². The van der Waals surface area contributed by atoms with Gasteiger partial charge in [0.25, 0.3) is 0 Å². The molecule has 0 bridgehead atoms. The number of hydrogen-bond donors (Lipinski definition) is 0. The Balaban J connectivity index is 2.11. The predicted octanol–water partition coefficient (Wildman–Crippen LogP) is 4.56. The summed E-state index contributed by atoms with van der Waals surface area (Å²) in [4.78, 5) is 0.282. The van der Waals surface area contributed by atoms with E-state index in [1.54, 1.807) is 30.3 Å². The van der Waals surface area contributed by atoms with Gasteiger partial charge in [0.15, 0.2) is 9.84 Å². The third-order valence-corrected chi connectivity index (χ3v) is 4.78. The van der Waals surface area contributed by atoms with Crippen LogP contribution in [-0.4, -0.2) is 14.7 Å². The van der Waals surface area contributed by atoms with Crippen molar-refractivity contribution in [3.63, 3.8) is 0 Å². The highest BCUT2D eigenvalue weighted by Crippen LogP contribution is 2.32. The van der Waals surface area contributed by atoms with Gasteiger partial charge in [0, 0.05) is 6.26 Å². The Labute approximate surface area is 135 Å². The minimum atomic E-state index is -3.22. The molecule has 0 N–H and O–H groups in total. The van der Waals surface area contributed by atoms with E-state index in [9.17, 15) is 12.8 Å². The maximum Gasteiger partial charge on any atom is 0.175 e. The van der Waals surface area contributed by atoms with Crippen LogP contribution in [0.15, 0.2) is 77.7 Å². The lowest BCUT2D eigenvalue weighted by atomic mass is 9.95. The van der Waals surface area contributed by atoms with Gasteiger partial charge in [0.2, 0.25) is 0 Å². The van der Waals surface area contributed by atoms with Crippen LogP contribution in [0.5, 0.6) is 0 Å². The minimum Gasteiger partial charge on any atom is -0.224 e. The predicted molar refractivity (Wildman–Crippen MR) is 90.4 cm³/mol. The molecule has 0 heterocycles. The number of halogens is 1. The first-order valence-corrected chi connectivity index (χ1v) is 9.00. The van der Waals surface area contributed by atoms with Crippen LogP contribution in [0, 0.1) is 5.82 Å². The van der Waals surface area contributed by atoms with Crippen molar-refractivity contribution >= 4 is 9.84 Å². The van der Waals surface area contributed by atoms with E-state index in [1.807, 2.05) is 30.3 Å². The standard InChI is InChI=1S/C19H15FO2S/c1-23(21,22)17-11-9-14(10-12-17)18-7-2-3-8-19(18)15-5-4-6-16(20)13-15/h2-13H,1H3. The fraction of sp³-hybridized carbons (Fsp3) is 0.0526. The molecule has 0 saturated carbocycles. The molecule has 3 rings (SSSR count). The molecule has 0 amide bonds. The van der Waals surface area contributed by atoms with Crippen LogP contribution >= 0.6 is 0 Å². The van der Waals surface area contributed by atoms with Gasteiger partial charge >= 0.3 is 0 Å². The third-order valence-electron chi connectivity index (χ3n) is 3.66. The molecule has 4 heteroatoms. The zero-order chi connectivity index (χ0) is 16.4. The second-order valence-electron chi connectivity index (χ2n) is 5.35. The highest BCUT2D eigenvalue weighted by molar-refractivity contribution is 7.90. The summed E-state index contributed by atoms with van der Waals surface area (Å²) in [6, 6.07) is 20.8. The number of sulfone groups is 1. The van der Waals surface area contributed by atoms with Gasteiger partial charge in [0.05, 0.1) is 4.90 Å². The third kappa shape index (κ3) is 3.32. The van der Waals surface area contributed by atoms with Crippen molar-refractivity contribution in [3.05, 3.63) is 78.6 Å². The molecule has 116 valence electrons. The maximum atomic E-state index is 13.5. The summed E-state index contributed by atoms with van der Waals surface area (Å²) >= 11 is 0. The topological polar surface area (TPSA) is 34.1 Å². The van der Waals surface area contributed by atoms with Crippen molar-refractivity contribution in [2.24, 2.45) is 0 Å². The van der Waals surface area contributed by atoms with Gasteiger partial charge in [-0.3, -0.25) is 0 Å². The van der Waals surface area contributed by atoms with Gasteiger partial charge in [-0.25, -0.2) is 12.8 Å². The van der Waals surface area contributed by atoms with Gasteiger partial charge in [-0.2, -0.15) is 0 Å². The molecular formula is C19H15FO2S. The summed E-state index contributed by atoms with van der Waals surface area (Å²) < 4.78 is 36.6. The molecule has 0 radical (unpaired) electrons. The smallest absolute Gasteiger partial charge is 0.175 e. The lowest BCUT2D eigenvalue weighted by Gasteiger charge is -2.11. The normalized spacial score (nSPS) is 11.4. The Morgan fingerprint density at radius 2 is 1.35 bits per heavy atom. The largest absolute Gasteiger partial charge is 0.224 e. The number of hydrogen-bond acceptors (Lipinski definition) is 2. The fourth-order valence-corrected chi connectivity index (χ4v) is 3.15. The summed E-state index contributed by atoms with van der Waals surface area (Å²) in [5.74, 6) is -0.287. The Hall–Kier alpha value is -2.46. The SMILES string of the molecule is CS(=O)(=O)c1ccc(-c2ccccc2-c2cccc(F)c2)cc1. The summed E-state index contributed by atoms with van der Waals surface area (Å²) in [6.45, 7) is 0. The second-order valence-corrected chi connectivity index (χ2v) is 7.37. The van der Waals surface area contributed by atoms with Crippen LogP contribution in [0.25, 0.3) is 22.3 Å². The molecule has 0 fully saturated rings. The van der Waals surface area contributed by atoms with Gasteiger partial charge in [-0.15, -0.1) is 0 Å². The van der Waals surface area contributed by atoms with E-state index in [-0.39, 0.29) is 10.7 Å². The van der Waals surface area contributed by atoms with E-state index in [2.05, 4.69) is 0 Å². The van der Waals surface area contributed by atoms with E-state index in [4.69, 9.17) is 0 Å². The first kappa shape index (κ1) is 15.4. The molecule has 0 saturated heterocycles. The lowest BCUT2D eigenvalue weighted by molar-refractivity contribution is 0.602. The molecule has 0 aliphatic rings. The molecule has 0 unspecified atom stereocenters. The molecule has 0 aromatic heterocycles. The molecule has 0 spiro atoms. The van der Waals surface area contributed by atoms with Crippen molar-refractivity contribution in [1.29, 1.82) is 0 Å².